The van der Waals surface area contributed by atoms with E-state index in [4.69, 9.17) is 0 Å². The highest BCUT2D eigenvalue weighted by Crippen LogP contribution is 2.25. The maximum atomic E-state index is 12.0. The summed E-state index contributed by atoms with van der Waals surface area (Å²) < 4.78 is 5.14. The molecule has 0 fully saturated rings. The van der Waals surface area contributed by atoms with Gasteiger partial charge in [0.15, 0.2) is 4.34 Å². The van der Waals surface area contributed by atoms with E-state index in [0.29, 0.717) is 15.0 Å². The van der Waals surface area contributed by atoms with Gasteiger partial charge in [0, 0.05) is 5.56 Å². The number of nitrogens with zero attached hydrogens (tertiary/aromatic N) is 2. The largest absolute Gasteiger partial charge is 0.468 e. The van der Waals surface area contributed by atoms with Crippen LogP contribution >= 0.6 is 23.1 Å². The second-order valence-electron chi connectivity index (χ2n) is 4.06. The van der Waals surface area contributed by atoms with E-state index in [1.807, 2.05) is 19.1 Å². The van der Waals surface area contributed by atoms with E-state index in [-0.39, 0.29) is 17.6 Å². The molecule has 110 valence electrons. The number of aromatic nitrogens is 2. The van der Waals surface area contributed by atoms with Crippen LogP contribution in [0.2, 0.25) is 0 Å². The second kappa shape index (κ2) is 7.19. The molecule has 0 aliphatic rings. The molecule has 8 heteroatoms. The molecule has 0 unspecified atom stereocenters. The summed E-state index contributed by atoms with van der Waals surface area (Å²) in [5, 5.41) is 10.8. The van der Waals surface area contributed by atoms with Crippen LogP contribution in [0.1, 0.15) is 15.9 Å². The quantitative estimate of drug-likeness (QED) is 0.517. The van der Waals surface area contributed by atoms with Crippen LogP contribution in [0.4, 0.5) is 5.13 Å². The minimum atomic E-state index is -0.333. The standard InChI is InChI=1S/C13H13N3O3S2/c1-8-4-3-5-9(6-8)11(18)14-12-15-16-13(21-12)20-7-10(17)19-2/h3-6H,7H2,1-2H3,(H,14,15,18). The van der Waals surface area contributed by atoms with Crippen molar-refractivity contribution in [2.75, 3.05) is 18.2 Å². The number of amides is 1. The smallest absolute Gasteiger partial charge is 0.316 e. The molecule has 0 saturated heterocycles. The zero-order chi connectivity index (χ0) is 15.2. The number of rotatable bonds is 5. The third-order valence-corrected chi connectivity index (χ3v) is 4.39. The monoisotopic (exact) mass is 323 g/mol. The van der Waals surface area contributed by atoms with Gasteiger partial charge in [-0.3, -0.25) is 14.9 Å². The molecule has 0 atom stereocenters. The number of nitrogens with one attached hydrogen (secondary N) is 1. The number of thioether (sulfide) groups is 1. The van der Waals surface area contributed by atoms with E-state index in [2.05, 4.69) is 20.3 Å². The molecule has 0 radical (unpaired) electrons. The lowest BCUT2D eigenvalue weighted by molar-refractivity contribution is -0.137. The number of anilines is 1. The van der Waals surface area contributed by atoms with Crippen molar-refractivity contribution in [3.05, 3.63) is 35.4 Å². The number of hydrogen-bond donors (Lipinski definition) is 1. The van der Waals surface area contributed by atoms with Crippen LogP contribution < -0.4 is 5.32 Å². The normalized spacial score (nSPS) is 10.2. The summed E-state index contributed by atoms with van der Waals surface area (Å²) in [6.45, 7) is 1.92. The first-order valence-corrected chi connectivity index (χ1v) is 7.80. The van der Waals surface area contributed by atoms with Gasteiger partial charge in [-0.05, 0) is 19.1 Å². The molecule has 1 aromatic heterocycles. The lowest BCUT2D eigenvalue weighted by atomic mass is 10.1. The molecular formula is C13H13N3O3S2. The second-order valence-corrected chi connectivity index (χ2v) is 6.26. The Morgan fingerprint density at radius 3 is 2.90 bits per heavy atom. The highest BCUT2D eigenvalue weighted by atomic mass is 32.2. The number of carbonyl (C=O) groups excluding carboxylic acids is 2. The van der Waals surface area contributed by atoms with Crippen molar-refractivity contribution in [1.29, 1.82) is 0 Å². The molecular weight excluding hydrogens is 310 g/mol. The van der Waals surface area contributed by atoms with Crippen LogP contribution in [0, 0.1) is 6.92 Å². The topological polar surface area (TPSA) is 81.2 Å². The average molecular weight is 323 g/mol. The lowest BCUT2D eigenvalue weighted by Gasteiger charge is -2.01. The van der Waals surface area contributed by atoms with Crippen molar-refractivity contribution in [2.24, 2.45) is 0 Å². The van der Waals surface area contributed by atoms with Crippen molar-refractivity contribution < 1.29 is 14.3 Å². The molecule has 6 nitrogen and oxygen atoms in total. The first-order chi connectivity index (χ1) is 10.1. The summed E-state index contributed by atoms with van der Waals surface area (Å²) in [4.78, 5) is 23.1. The molecule has 0 aliphatic heterocycles. The predicted molar refractivity (Wildman–Crippen MR) is 81.8 cm³/mol. The Bertz CT molecular complexity index is 658. The molecule has 2 aromatic rings. The minimum absolute atomic E-state index is 0.164. The molecule has 1 N–H and O–H groups in total. The van der Waals surface area contributed by atoms with E-state index in [9.17, 15) is 9.59 Å². The van der Waals surface area contributed by atoms with Crippen LogP contribution in [0.15, 0.2) is 28.6 Å². The Balaban J connectivity index is 1.96. The van der Waals surface area contributed by atoms with Gasteiger partial charge in [-0.1, -0.05) is 40.8 Å². The Labute approximate surface area is 129 Å². The van der Waals surface area contributed by atoms with E-state index in [1.165, 1.54) is 30.2 Å². The number of esters is 1. The maximum Gasteiger partial charge on any atom is 0.316 e. The van der Waals surface area contributed by atoms with Gasteiger partial charge in [0.05, 0.1) is 12.9 Å². The van der Waals surface area contributed by atoms with E-state index in [0.717, 1.165) is 5.56 Å². The van der Waals surface area contributed by atoms with Crippen molar-refractivity contribution in [3.8, 4) is 0 Å². The van der Waals surface area contributed by atoms with E-state index < -0.39 is 0 Å². The molecule has 21 heavy (non-hydrogen) atoms. The Morgan fingerprint density at radius 1 is 1.38 bits per heavy atom. The van der Waals surface area contributed by atoms with Gasteiger partial charge < -0.3 is 4.74 Å². The van der Waals surface area contributed by atoms with Gasteiger partial charge in [0.2, 0.25) is 5.13 Å². The summed E-state index contributed by atoms with van der Waals surface area (Å²) in [7, 11) is 1.33. The summed E-state index contributed by atoms with van der Waals surface area (Å²) in [6, 6.07) is 7.27. The molecule has 0 bridgehead atoms. The van der Waals surface area contributed by atoms with Gasteiger partial charge in [0.1, 0.15) is 0 Å². The SMILES string of the molecule is COC(=O)CSc1nnc(NC(=O)c2cccc(C)c2)s1. The van der Waals surface area contributed by atoms with Gasteiger partial charge in [-0.2, -0.15) is 0 Å². The highest BCUT2D eigenvalue weighted by molar-refractivity contribution is 8.01. The summed E-state index contributed by atoms with van der Waals surface area (Å²) in [5.41, 5.74) is 1.57. The third kappa shape index (κ3) is 4.54. The van der Waals surface area contributed by atoms with Crippen LogP contribution in [-0.2, 0) is 9.53 Å². The van der Waals surface area contributed by atoms with Crippen LogP contribution in [0.3, 0.4) is 0 Å². The first-order valence-electron chi connectivity index (χ1n) is 5.99. The zero-order valence-corrected chi connectivity index (χ0v) is 13.1. The van der Waals surface area contributed by atoms with E-state index >= 15 is 0 Å². The molecule has 2 rings (SSSR count). The molecule has 0 aliphatic carbocycles. The summed E-state index contributed by atoms with van der Waals surface area (Å²) >= 11 is 2.43. The van der Waals surface area contributed by atoms with Crippen LogP contribution in [0.5, 0.6) is 0 Å². The Hall–Kier alpha value is -1.93. The number of hydrogen-bond acceptors (Lipinski definition) is 7. The number of ether oxygens (including phenoxy) is 1. The number of methoxy groups -OCH3 is 1. The van der Waals surface area contributed by atoms with Gasteiger partial charge >= 0.3 is 5.97 Å². The zero-order valence-electron chi connectivity index (χ0n) is 11.5. The minimum Gasteiger partial charge on any atom is -0.468 e. The molecule has 1 heterocycles. The number of carbonyl (C=O) groups is 2. The fourth-order valence-corrected chi connectivity index (χ4v) is 3.03. The number of aryl methyl sites for hydroxylation is 1. The molecule has 1 aromatic carbocycles. The lowest BCUT2D eigenvalue weighted by Crippen LogP contribution is -2.11. The molecule has 1 amide bonds. The first kappa shape index (κ1) is 15.5. The van der Waals surface area contributed by atoms with Gasteiger partial charge in [0.25, 0.3) is 5.91 Å². The molecule has 0 saturated carbocycles. The Kier molecular flexibility index (Phi) is 5.29. The van der Waals surface area contributed by atoms with Crippen molar-refractivity contribution in [1.82, 2.24) is 10.2 Å². The summed E-state index contributed by atoms with van der Waals surface area (Å²) in [6.07, 6.45) is 0. The average Bonchev–Trinajstić information content (AvgIpc) is 2.92. The van der Waals surface area contributed by atoms with Crippen LogP contribution in [0.25, 0.3) is 0 Å². The highest BCUT2D eigenvalue weighted by Gasteiger charge is 2.11. The maximum absolute atomic E-state index is 12.0. The fourth-order valence-electron chi connectivity index (χ4n) is 1.45. The van der Waals surface area contributed by atoms with Crippen LogP contribution in [-0.4, -0.2) is 34.9 Å². The van der Waals surface area contributed by atoms with Gasteiger partial charge in [-0.15, -0.1) is 10.2 Å². The van der Waals surface area contributed by atoms with Crippen molar-refractivity contribution >= 4 is 40.1 Å². The molecule has 0 spiro atoms. The van der Waals surface area contributed by atoms with Gasteiger partial charge in [-0.25, -0.2) is 0 Å². The summed E-state index contributed by atoms with van der Waals surface area (Å²) in [5.74, 6) is -0.406. The fraction of sp³-hybridized carbons (Fsp3) is 0.231. The van der Waals surface area contributed by atoms with Crippen molar-refractivity contribution in [2.45, 2.75) is 11.3 Å². The third-order valence-electron chi connectivity index (χ3n) is 2.45. The predicted octanol–water partition coefficient (Wildman–Crippen LogP) is 2.36. The van der Waals surface area contributed by atoms with E-state index in [1.54, 1.807) is 12.1 Å². The number of benzene rings is 1. The van der Waals surface area contributed by atoms with Crippen molar-refractivity contribution in [3.63, 3.8) is 0 Å². The Morgan fingerprint density at radius 2 is 2.19 bits per heavy atom.